The molecule has 0 aliphatic carbocycles. The van der Waals surface area contributed by atoms with Gasteiger partial charge in [0.05, 0.1) is 21.3 Å². The van der Waals surface area contributed by atoms with Gasteiger partial charge in [-0.05, 0) is 49.2 Å². The molecule has 34 heavy (non-hydrogen) atoms. The molecule has 184 valence electrons. The molecule has 0 saturated carbocycles. The maximum Gasteiger partial charge on any atom is 0.328 e. The highest BCUT2D eigenvalue weighted by atomic mass is 32.2. The van der Waals surface area contributed by atoms with Gasteiger partial charge in [-0.2, -0.15) is 0 Å². The summed E-state index contributed by atoms with van der Waals surface area (Å²) in [4.78, 5) is 23.7. The Morgan fingerprint density at radius 3 is 2.32 bits per heavy atom. The SMILES string of the molecule is CCNC(=O)NS(=O)(=O)c1cc(CCNC(=O)/C=C/c2ccc(OC)cc2OC)ccc1OC. The highest BCUT2D eigenvalue weighted by molar-refractivity contribution is 7.90. The van der Waals surface area contributed by atoms with E-state index in [0.29, 0.717) is 29.0 Å². The molecule has 0 heterocycles. The molecule has 0 bridgehead atoms. The lowest BCUT2D eigenvalue weighted by Crippen LogP contribution is -2.39. The van der Waals surface area contributed by atoms with Gasteiger partial charge in [-0.25, -0.2) is 17.9 Å². The maximum atomic E-state index is 12.6. The molecule has 3 amide bonds. The van der Waals surface area contributed by atoms with Gasteiger partial charge in [0.15, 0.2) is 0 Å². The van der Waals surface area contributed by atoms with Crippen LogP contribution in [0.15, 0.2) is 47.4 Å². The van der Waals surface area contributed by atoms with Crippen molar-refractivity contribution in [2.24, 2.45) is 0 Å². The molecule has 0 atom stereocenters. The van der Waals surface area contributed by atoms with Crippen LogP contribution in [0.5, 0.6) is 17.2 Å². The molecular formula is C23H29N3O7S. The molecule has 0 unspecified atom stereocenters. The van der Waals surface area contributed by atoms with Gasteiger partial charge < -0.3 is 24.8 Å². The Balaban J connectivity index is 2.03. The minimum absolute atomic E-state index is 0.0981. The van der Waals surface area contributed by atoms with Gasteiger partial charge in [-0.1, -0.05) is 6.07 Å². The lowest BCUT2D eigenvalue weighted by Gasteiger charge is -2.13. The molecule has 2 aromatic carbocycles. The predicted octanol–water partition coefficient (Wildman–Crippen LogP) is 2.09. The van der Waals surface area contributed by atoms with Crippen LogP contribution in [0.1, 0.15) is 18.1 Å². The number of methoxy groups -OCH3 is 3. The van der Waals surface area contributed by atoms with Crippen molar-refractivity contribution in [3.63, 3.8) is 0 Å². The summed E-state index contributed by atoms with van der Waals surface area (Å²) in [5.41, 5.74) is 1.35. The number of rotatable bonds is 11. The summed E-state index contributed by atoms with van der Waals surface area (Å²) >= 11 is 0. The normalized spacial score (nSPS) is 11.1. The number of carbonyl (C=O) groups is 2. The van der Waals surface area contributed by atoms with E-state index in [9.17, 15) is 18.0 Å². The molecule has 0 radical (unpaired) electrons. The minimum atomic E-state index is -4.15. The summed E-state index contributed by atoms with van der Waals surface area (Å²) in [5.74, 6) is 0.982. The minimum Gasteiger partial charge on any atom is -0.497 e. The molecule has 0 spiro atoms. The highest BCUT2D eigenvalue weighted by Crippen LogP contribution is 2.26. The van der Waals surface area contributed by atoms with Crippen LogP contribution in [-0.4, -0.2) is 54.8 Å². The summed E-state index contributed by atoms with van der Waals surface area (Å²) in [6.45, 7) is 2.21. The molecule has 0 fully saturated rings. The Labute approximate surface area is 199 Å². The van der Waals surface area contributed by atoms with Gasteiger partial charge >= 0.3 is 6.03 Å². The van der Waals surface area contributed by atoms with Crippen LogP contribution in [0.2, 0.25) is 0 Å². The first-order valence-corrected chi connectivity index (χ1v) is 11.9. The number of sulfonamides is 1. The summed E-state index contributed by atoms with van der Waals surface area (Å²) < 4.78 is 42.7. The molecule has 0 aliphatic heterocycles. The van der Waals surface area contributed by atoms with E-state index < -0.39 is 16.1 Å². The molecule has 2 aromatic rings. The molecule has 3 N–H and O–H groups in total. The predicted molar refractivity (Wildman–Crippen MR) is 128 cm³/mol. The Kier molecular flexibility index (Phi) is 9.75. The fourth-order valence-corrected chi connectivity index (χ4v) is 4.12. The second-order valence-electron chi connectivity index (χ2n) is 6.93. The molecule has 0 aromatic heterocycles. The van der Waals surface area contributed by atoms with E-state index in [1.807, 2.05) is 4.72 Å². The molecule has 10 nitrogen and oxygen atoms in total. The largest absolute Gasteiger partial charge is 0.497 e. The van der Waals surface area contributed by atoms with Crippen molar-refractivity contribution in [2.45, 2.75) is 18.2 Å². The smallest absolute Gasteiger partial charge is 0.328 e. The zero-order valence-corrected chi connectivity index (χ0v) is 20.3. The number of carbonyl (C=O) groups excluding carboxylic acids is 2. The van der Waals surface area contributed by atoms with Crippen LogP contribution >= 0.6 is 0 Å². The van der Waals surface area contributed by atoms with Crippen LogP contribution in [-0.2, 0) is 21.2 Å². The van der Waals surface area contributed by atoms with Crippen molar-refractivity contribution in [1.29, 1.82) is 0 Å². The van der Waals surface area contributed by atoms with E-state index in [1.165, 1.54) is 32.4 Å². The second kappa shape index (κ2) is 12.5. The highest BCUT2D eigenvalue weighted by Gasteiger charge is 2.22. The van der Waals surface area contributed by atoms with E-state index in [-0.39, 0.29) is 29.6 Å². The molecule has 2 rings (SSSR count). The average Bonchev–Trinajstić information content (AvgIpc) is 2.82. The molecule has 11 heteroatoms. The molecular weight excluding hydrogens is 462 g/mol. The van der Waals surface area contributed by atoms with Crippen molar-refractivity contribution in [2.75, 3.05) is 34.4 Å². The van der Waals surface area contributed by atoms with Crippen molar-refractivity contribution in [3.05, 3.63) is 53.6 Å². The number of benzene rings is 2. The number of hydrogen-bond acceptors (Lipinski definition) is 7. The fraction of sp³-hybridized carbons (Fsp3) is 0.304. The Bertz CT molecular complexity index is 1150. The van der Waals surface area contributed by atoms with Gasteiger partial charge in [-0.3, -0.25) is 4.79 Å². The third kappa shape index (κ3) is 7.41. The third-order valence-corrected chi connectivity index (χ3v) is 6.00. The Morgan fingerprint density at radius 1 is 0.941 bits per heavy atom. The first-order valence-electron chi connectivity index (χ1n) is 10.4. The zero-order valence-electron chi connectivity index (χ0n) is 19.5. The topological polar surface area (TPSA) is 132 Å². The Morgan fingerprint density at radius 2 is 1.68 bits per heavy atom. The van der Waals surface area contributed by atoms with Gasteiger partial charge in [0.25, 0.3) is 10.0 Å². The number of nitrogens with one attached hydrogen (secondary N) is 3. The lowest BCUT2D eigenvalue weighted by atomic mass is 10.1. The quantitative estimate of drug-likeness (QED) is 0.410. The first-order chi connectivity index (χ1) is 16.2. The van der Waals surface area contributed by atoms with E-state index in [4.69, 9.17) is 14.2 Å². The van der Waals surface area contributed by atoms with Crippen LogP contribution in [0, 0.1) is 0 Å². The fourth-order valence-electron chi connectivity index (χ4n) is 2.97. The Hall–Kier alpha value is -3.73. The number of urea groups is 1. The van der Waals surface area contributed by atoms with Gasteiger partial charge in [0, 0.05) is 30.8 Å². The maximum absolute atomic E-state index is 12.6. The van der Waals surface area contributed by atoms with Crippen LogP contribution in [0.3, 0.4) is 0 Å². The monoisotopic (exact) mass is 491 g/mol. The van der Waals surface area contributed by atoms with E-state index in [0.717, 1.165) is 0 Å². The number of hydrogen-bond donors (Lipinski definition) is 3. The lowest BCUT2D eigenvalue weighted by molar-refractivity contribution is -0.116. The third-order valence-electron chi connectivity index (χ3n) is 4.65. The molecule has 0 saturated heterocycles. The van der Waals surface area contributed by atoms with E-state index in [1.54, 1.807) is 44.4 Å². The van der Waals surface area contributed by atoms with Crippen LogP contribution in [0.25, 0.3) is 6.08 Å². The summed E-state index contributed by atoms with van der Waals surface area (Å²) in [7, 11) is 0.275. The van der Waals surface area contributed by atoms with Crippen molar-refractivity contribution in [3.8, 4) is 17.2 Å². The van der Waals surface area contributed by atoms with Crippen LogP contribution < -0.4 is 29.6 Å². The second-order valence-corrected chi connectivity index (χ2v) is 8.58. The van der Waals surface area contributed by atoms with Crippen LogP contribution in [0.4, 0.5) is 4.79 Å². The summed E-state index contributed by atoms with van der Waals surface area (Å²) in [6.07, 6.45) is 3.36. The van der Waals surface area contributed by atoms with Gasteiger partial charge in [-0.15, -0.1) is 0 Å². The average molecular weight is 492 g/mol. The zero-order chi connectivity index (χ0) is 25.1. The van der Waals surface area contributed by atoms with E-state index in [2.05, 4.69) is 10.6 Å². The summed E-state index contributed by atoms with van der Waals surface area (Å²) in [5, 5.41) is 5.11. The number of amides is 3. The summed E-state index contributed by atoms with van der Waals surface area (Å²) in [6, 6.07) is 9.01. The standard InChI is InChI=1S/C23H29N3O7S/c1-5-24-23(28)26-34(29,30)21-14-16(6-10-19(21)32-3)12-13-25-22(27)11-8-17-7-9-18(31-2)15-20(17)33-4/h6-11,14-15H,5,12-13H2,1-4H3,(H,25,27)(H2,24,26,28)/b11-8+. The van der Waals surface area contributed by atoms with Gasteiger partial charge in [0.1, 0.15) is 22.1 Å². The van der Waals surface area contributed by atoms with Crippen molar-refractivity contribution >= 4 is 28.0 Å². The molecule has 0 aliphatic rings. The number of ether oxygens (including phenoxy) is 3. The first kappa shape index (κ1) is 26.5. The van der Waals surface area contributed by atoms with E-state index >= 15 is 0 Å². The van der Waals surface area contributed by atoms with Crippen molar-refractivity contribution in [1.82, 2.24) is 15.4 Å². The van der Waals surface area contributed by atoms with Crippen molar-refractivity contribution < 1.29 is 32.2 Å². The van der Waals surface area contributed by atoms with Gasteiger partial charge in [0.2, 0.25) is 5.91 Å².